The average Bonchev–Trinajstić information content (AvgIpc) is 2.70. The number of nitrogens with zero attached hydrogens (tertiary/aromatic N) is 1. The van der Waals surface area contributed by atoms with Gasteiger partial charge < -0.3 is 10.2 Å². The Labute approximate surface area is 157 Å². The SMILES string of the molecule is CCN(C(=O)c1ccc(NC(=O)c2ccc(F)cc2)cc1)c1ccccc1. The van der Waals surface area contributed by atoms with E-state index >= 15 is 0 Å². The third-order valence-corrected chi connectivity index (χ3v) is 4.13. The summed E-state index contributed by atoms with van der Waals surface area (Å²) in [5, 5.41) is 2.73. The Morgan fingerprint density at radius 2 is 1.44 bits per heavy atom. The van der Waals surface area contributed by atoms with Gasteiger partial charge in [-0.2, -0.15) is 0 Å². The van der Waals surface area contributed by atoms with E-state index in [1.165, 1.54) is 24.3 Å². The van der Waals surface area contributed by atoms with Crippen LogP contribution in [0.2, 0.25) is 0 Å². The standard InChI is InChI=1S/C22H19FN2O2/c1-2-25(20-6-4-3-5-7-20)22(27)17-10-14-19(15-11-17)24-21(26)16-8-12-18(23)13-9-16/h3-15H,2H2,1H3,(H,24,26). The van der Waals surface area contributed by atoms with Crippen molar-refractivity contribution in [3.05, 3.63) is 95.8 Å². The van der Waals surface area contributed by atoms with E-state index in [1.807, 2.05) is 37.3 Å². The molecule has 5 heteroatoms. The first-order valence-corrected chi connectivity index (χ1v) is 8.62. The smallest absolute Gasteiger partial charge is 0.258 e. The van der Waals surface area contributed by atoms with Gasteiger partial charge in [0.2, 0.25) is 0 Å². The highest BCUT2D eigenvalue weighted by Crippen LogP contribution is 2.18. The summed E-state index contributed by atoms with van der Waals surface area (Å²) in [6.07, 6.45) is 0. The maximum absolute atomic E-state index is 12.9. The van der Waals surface area contributed by atoms with Crippen LogP contribution in [0.3, 0.4) is 0 Å². The molecule has 0 spiro atoms. The van der Waals surface area contributed by atoms with E-state index in [9.17, 15) is 14.0 Å². The molecule has 0 radical (unpaired) electrons. The van der Waals surface area contributed by atoms with Crippen molar-refractivity contribution < 1.29 is 14.0 Å². The molecular formula is C22H19FN2O2. The lowest BCUT2D eigenvalue weighted by Crippen LogP contribution is -2.30. The van der Waals surface area contributed by atoms with Gasteiger partial charge in [0.1, 0.15) is 5.82 Å². The third kappa shape index (κ3) is 4.39. The van der Waals surface area contributed by atoms with Gasteiger partial charge in [0.25, 0.3) is 11.8 Å². The van der Waals surface area contributed by atoms with E-state index in [-0.39, 0.29) is 11.8 Å². The minimum absolute atomic E-state index is 0.111. The molecule has 0 aromatic heterocycles. The topological polar surface area (TPSA) is 49.4 Å². The number of benzene rings is 3. The van der Waals surface area contributed by atoms with Crippen LogP contribution in [0.5, 0.6) is 0 Å². The molecule has 4 nitrogen and oxygen atoms in total. The number of anilines is 2. The first kappa shape index (κ1) is 18.3. The van der Waals surface area contributed by atoms with Crippen molar-refractivity contribution in [1.82, 2.24) is 0 Å². The molecule has 0 atom stereocenters. The Morgan fingerprint density at radius 3 is 2.04 bits per heavy atom. The Balaban J connectivity index is 1.71. The van der Waals surface area contributed by atoms with Gasteiger partial charge in [0, 0.05) is 29.0 Å². The maximum atomic E-state index is 12.9. The van der Waals surface area contributed by atoms with Gasteiger partial charge in [-0.3, -0.25) is 9.59 Å². The van der Waals surface area contributed by atoms with Gasteiger partial charge in [-0.1, -0.05) is 18.2 Å². The van der Waals surface area contributed by atoms with Crippen LogP contribution >= 0.6 is 0 Å². The van der Waals surface area contributed by atoms with E-state index in [2.05, 4.69) is 5.32 Å². The van der Waals surface area contributed by atoms with Crippen LogP contribution in [0.15, 0.2) is 78.9 Å². The van der Waals surface area contributed by atoms with Crippen LogP contribution in [0.1, 0.15) is 27.6 Å². The largest absolute Gasteiger partial charge is 0.322 e. The second-order valence-corrected chi connectivity index (χ2v) is 5.92. The van der Waals surface area contributed by atoms with E-state index in [0.717, 1.165) is 5.69 Å². The van der Waals surface area contributed by atoms with Crippen molar-refractivity contribution in [3.63, 3.8) is 0 Å². The summed E-state index contributed by atoms with van der Waals surface area (Å²) >= 11 is 0. The summed E-state index contributed by atoms with van der Waals surface area (Å²) in [6.45, 7) is 2.47. The number of hydrogen-bond donors (Lipinski definition) is 1. The molecule has 0 aliphatic rings. The molecule has 0 saturated heterocycles. The molecule has 2 amide bonds. The van der Waals surface area contributed by atoms with E-state index in [1.54, 1.807) is 29.2 Å². The summed E-state index contributed by atoms with van der Waals surface area (Å²) < 4.78 is 12.9. The summed E-state index contributed by atoms with van der Waals surface area (Å²) in [6, 6.07) is 21.5. The van der Waals surface area contributed by atoms with Gasteiger partial charge in [-0.25, -0.2) is 4.39 Å². The maximum Gasteiger partial charge on any atom is 0.258 e. The first-order chi connectivity index (χ1) is 13.1. The molecule has 0 bridgehead atoms. The summed E-state index contributed by atoms with van der Waals surface area (Å²) in [5.41, 5.74) is 2.28. The normalized spacial score (nSPS) is 10.3. The minimum Gasteiger partial charge on any atom is -0.322 e. The highest BCUT2D eigenvalue weighted by atomic mass is 19.1. The molecule has 3 rings (SSSR count). The molecule has 0 saturated carbocycles. The lowest BCUT2D eigenvalue weighted by Gasteiger charge is -2.21. The van der Waals surface area contributed by atoms with Crippen LogP contribution in [0.25, 0.3) is 0 Å². The second kappa shape index (κ2) is 8.27. The number of carbonyl (C=O) groups is 2. The summed E-state index contributed by atoms with van der Waals surface area (Å²) in [4.78, 5) is 26.6. The predicted octanol–water partition coefficient (Wildman–Crippen LogP) is 4.74. The van der Waals surface area contributed by atoms with Crippen molar-refractivity contribution in [1.29, 1.82) is 0 Å². The van der Waals surface area contributed by atoms with E-state index < -0.39 is 5.82 Å². The average molecular weight is 362 g/mol. The van der Waals surface area contributed by atoms with Crippen molar-refractivity contribution in [2.45, 2.75) is 6.92 Å². The van der Waals surface area contributed by atoms with Crippen LogP contribution in [-0.2, 0) is 0 Å². The second-order valence-electron chi connectivity index (χ2n) is 5.92. The molecular weight excluding hydrogens is 343 g/mol. The Bertz CT molecular complexity index is 923. The fraction of sp³-hybridized carbons (Fsp3) is 0.0909. The Kier molecular flexibility index (Phi) is 5.61. The molecule has 0 fully saturated rings. The monoisotopic (exact) mass is 362 g/mol. The highest BCUT2D eigenvalue weighted by Gasteiger charge is 2.16. The zero-order chi connectivity index (χ0) is 19.2. The Morgan fingerprint density at radius 1 is 0.852 bits per heavy atom. The van der Waals surface area contributed by atoms with Gasteiger partial charge in [-0.05, 0) is 67.6 Å². The molecule has 0 aliphatic carbocycles. The van der Waals surface area contributed by atoms with Crippen LogP contribution in [0, 0.1) is 5.82 Å². The molecule has 0 unspecified atom stereocenters. The molecule has 136 valence electrons. The first-order valence-electron chi connectivity index (χ1n) is 8.62. The molecule has 0 aliphatic heterocycles. The lowest BCUT2D eigenvalue weighted by molar-refractivity contribution is 0.0987. The zero-order valence-electron chi connectivity index (χ0n) is 14.9. The lowest BCUT2D eigenvalue weighted by atomic mass is 10.1. The molecule has 3 aromatic rings. The van der Waals surface area contributed by atoms with Crippen molar-refractivity contribution in [2.75, 3.05) is 16.8 Å². The summed E-state index contributed by atoms with van der Waals surface area (Å²) in [5.74, 6) is -0.845. The number of amides is 2. The summed E-state index contributed by atoms with van der Waals surface area (Å²) in [7, 11) is 0. The molecule has 27 heavy (non-hydrogen) atoms. The van der Waals surface area contributed by atoms with E-state index in [4.69, 9.17) is 0 Å². The fourth-order valence-electron chi connectivity index (χ4n) is 2.71. The number of hydrogen-bond acceptors (Lipinski definition) is 2. The number of rotatable bonds is 5. The van der Waals surface area contributed by atoms with Crippen molar-refractivity contribution in [3.8, 4) is 0 Å². The number of para-hydroxylation sites is 1. The molecule has 3 aromatic carbocycles. The van der Waals surface area contributed by atoms with E-state index in [0.29, 0.717) is 23.4 Å². The zero-order valence-corrected chi connectivity index (χ0v) is 14.9. The number of carbonyl (C=O) groups excluding carboxylic acids is 2. The van der Waals surface area contributed by atoms with Crippen molar-refractivity contribution >= 4 is 23.2 Å². The highest BCUT2D eigenvalue weighted by molar-refractivity contribution is 6.07. The third-order valence-electron chi connectivity index (χ3n) is 4.13. The number of halogens is 1. The quantitative estimate of drug-likeness (QED) is 0.712. The van der Waals surface area contributed by atoms with Crippen LogP contribution in [-0.4, -0.2) is 18.4 Å². The van der Waals surface area contributed by atoms with Gasteiger partial charge in [0.15, 0.2) is 0 Å². The fourth-order valence-corrected chi connectivity index (χ4v) is 2.71. The van der Waals surface area contributed by atoms with Crippen molar-refractivity contribution in [2.24, 2.45) is 0 Å². The number of nitrogens with one attached hydrogen (secondary N) is 1. The van der Waals surface area contributed by atoms with Gasteiger partial charge in [-0.15, -0.1) is 0 Å². The molecule has 0 heterocycles. The molecule has 1 N–H and O–H groups in total. The predicted molar refractivity (Wildman–Crippen MR) is 105 cm³/mol. The van der Waals surface area contributed by atoms with Gasteiger partial charge in [0.05, 0.1) is 0 Å². The van der Waals surface area contributed by atoms with Crippen LogP contribution < -0.4 is 10.2 Å². The Hall–Kier alpha value is -3.47. The van der Waals surface area contributed by atoms with Crippen LogP contribution in [0.4, 0.5) is 15.8 Å². The van der Waals surface area contributed by atoms with Gasteiger partial charge >= 0.3 is 0 Å². The minimum atomic E-state index is -0.395.